The summed E-state index contributed by atoms with van der Waals surface area (Å²) in [6.45, 7) is 3.64. The zero-order valence-corrected chi connectivity index (χ0v) is 29.5. The lowest BCUT2D eigenvalue weighted by Crippen LogP contribution is -2.27. The molecule has 1 amide bonds. The van der Waals surface area contributed by atoms with Gasteiger partial charge < -0.3 is 4.74 Å². The number of rotatable bonds is 7. The van der Waals surface area contributed by atoms with Gasteiger partial charge in [0.25, 0.3) is 0 Å². The Kier molecular flexibility index (Phi) is 7.99. The Bertz CT molecular complexity index is 2520. The van der Waals surface area contributed by atoms with Gasteiger partial charge in [-0.25, -0.2) is 4.79 Å². The van der Waals surface area contributed by atoms with Crippen LogP contribution in [0.2, 0.25) is 0 Å². The van der Waals surface area contributed by atoms with Crippen molar-refractivity contribution in [1.82, 2.24) is 0 Å². The van der Waals surface area contributed by atoms with Crippen molar-refractivity contribution in [2.24, 2.45) is 0 Å². The zero-order chi connectivity index (χ0) is 34.5. The van der Waals surface area contributed by atoms with E-state index in [0.29, 0.717) is 6.42 Å². The van der Waals surface area contributed by atoms with Crippen molar-refractivity contribution in [3.63, 3.8) is 0 Å². The molecular weight excluding hydrogens is 667 g/mol. The largest absolute Gasteiger partial charge is 0.463 e. The van der Waals surface area contributed by atoms with Crippen LogP contribution in [0.3, 0.4) is 0 Å². The van der Waals surface area contributed by atoms with Gasteiger partial charge in [-0.3, -0.25) is 9.69 Å². The van der Waals surface area contributed by atoms with Crippen LogP contribution in [0.5, 0.6) is 0 Å². The number of esters is 1. The molecule has 0 spiro atoms. The Morgan fingerprint density at radius 2 is 1.16 bits per heavy atom. The summed E-state index contributed by atoms with van der Waals surface area (Å²) >= 11 is 3.66. The molecule has 0 atom stereocenters. The lowest BCUT2D eigenvalue weighted by molar-refractivity contribution is -0.138. The minimum Gasteiger partial charge on any atom is -0.463 e. The maximum atomic E-state index is 14.2. The number of benzene rings is 6. The van der Waals surface area contributed by atoms with E-state index in [2.05, 4.69) is 128 Å². The van der Waals surface area contributed by atoms with E-state index in [1.807, 2.05) is 27.6 Å². The van der Waals surface area contributed by atoms with Gasteiger partial charge in [0.05, 0.1) is 18.0 Å². The molecule has 4 nitrogen and oxygen atoms in total. The topological polar surface area (TPSA) is 46.6 Å². The number of amides is 1. The second-order valence-corrected chi connectivity index (χ2v) is 15.1. The van der Waals surface area contributed by atoms with Crippen LogP contribution in [-0.2, 0) is 27.2 Å². The smallest absolute Gasteiger partial charge is 0.330 e. The van der Waals surface area contributed by atoms with Crippen LogP contribution in [0.4, 0.5) is 11.4 Å². The van der Waals surface area contributed by atoms with Gasteiger partial charge >= 0.3 is 5.97 Å². The van der Waals surface area contributed by atoms with Crippen LogP contribution in [0, 0.1) is 0 Å². The molecule has 6 aromatic carbocycles. The predicted octanol–water partition coefficient (Wildman–Crippen LogP) is 12.0. The van der Waals surface area contributed by atoms with E-state index in [1.54, 1.807) is 0 Å². The summed E-state index contributed by atoms with van der Waals surface area (Å²) in [4.78, 5) is 27.8. The lowest BCUT2D eigenvalue weighted by Gasteiger charge is -2.26. The molecule has 0 unspecified atom stereocenters. The van der Waals surface area contributed by atoms with Crippen molar-refractivity contribution in [2.75, 3.05) is 11.5 Å². The van der Waals surface area contributed by atoms with E-state index >= 15 is 0 Å². The summed E-state index contributed by atoms with van der Waals surface area (Å²) in [5.41, 5.74) is 8.82. The standard InChI is InChI=1S/C45H33NO3S2/c1-2-43(48)49-25-9-18-42(47)46-38-23-21-28(32-12-7-14-36-34-10-3-5-16-40(34)50-44(32)36)26-30(38)19-20-31-27-29(22-24-39(31)46)33-13-8-15-37-35-11-4-6-17-41(35)51-45(33)37/h2-8,10-17,21-24,26-27H,1,9,18-20,25H2. The van der Waals surface area contributed by atoms with E-state index in [1.165, 1.54) is 51.5 Å². The highest BCUT2D eigenvalue weighted by atomic mass is 32.1. The molecule has 1 aliphatic heterocycles. The third-order valence-electron chi connectivity index (χ3n) is 9.93. The quantitative estimate of drug-likeness (QED) is 0.0945. The molecule has 0 saturated heterocycles. The number of aryl methyl sites for hydroxylation is 2. The molecule has 9 rings (SSSR count). The first kappa shape index (κ1) is 31.4. The SMILES string of the molecule is C=CC(=O)OCCCC(=O)N1c2ccc(-c3cccc4c3sc3ccccc34)cc2CCc2cc(-c3cccc4c3sc3ccccc34)ccc21. The summed E-state index contributed by atoms with van der Waals surface area (Å²) in [7, 11) is 0. The molecule has 248 valence electrons. The third-order valence-corrected chi connectivity index (χ3v) is 12.4. The molecule has 1 aliphatic rings. The Balaban J connectivity index is 1.13. The summed E-state index contributed by atoms with van der Waals surface area (Å²) < 4.78 is 10.3. The third kappa shape index (κ3) is 5.52. The average Bonchev–Trinajstić information content (AvgIpc) is 3.70. The Morgan fingerprint density at radius 3 is 1.69 bits per heavy atom. The molecule has 0 radical (unpaired) electrons. The molecule has 0 N–H and O–H groups in total. The molecule has 2 aromatic heterocycles. The monoisotopic (exact) mass is 699 g/mol. The Morgan fingerprint density at radius 1 is 0.647 bits per heavy atom. The number of hydrogen-bond donors (Lipinski definition) is 0. The minimum absolute atomic E-state index is 0.0206. The minimum atomic E-state index is -0.477. The lowest BCUT2D eigenvalue weighted by atomic mass is 9.96. The van der Waals surface area contributed by atoms with Gasteiger partial charge in [0.15, 0.2) is 0 Å². The van der Waals surface area contributed by atoms with Crippen molar-refractivity contribution in [1.29, 1.82) is 0 Å². The van der Waals surface area contributed by atoms with Gasteiger partial charge in [-0.2, -0.15) is 0 Å². The van der Waals surface area contributed by atoms with E-state index in [-0.39, 0.29) is 18.9 Å². The van der Waals surface area contributed by atoms with Crippen LogP contribution in [0.1, 0.15) is 24.0 Å². The molecule has 3 heterocycles. The Labute approximate surface area is 303 Å². The second kappa shape index (κ2) is 13.0. The van der Waals surface area contributed by atoms with Gasteiger partial charge in [-0.1, -0.05) is 91.5 Å². The number of ether oxygens (including phenoxy) is 1. The molecule has 0 saturated carbocycles. The van der Waals surface area contributed by atoms with Gasteiger partial charge in [0.2, 0.25) is 5.91 Å². The van der Waals surface area contributed by atoms with Gasteiger partial charge in [0, 0.05) is 52.8 Å². The van der Waals surface area contributed by atoms with Crippen LogP contribution in [0.25, 0.3) is 62.6 Å². The number of fused-ring (bicyclic) bond motifs is 8. The van der Waals surface area contributed by atoms with E-state index in [0.717, 1.165) is 52.5 Å². The fourth-order valence-corrected chi connectivity index (χ4v) is 10.0. The number of thiophene rings is 2. The van der Waals surface area contributed by atoms with Gasteiger partial charge in [0.1, 0.15) is 0 Å². The van der Waals surface area contributed by atoms with E-state index in [9.17, 15) is 9.59 Å². The molecular formula is C45H33NO3S2. The first-order valence-electron chi connectivity index (χ1n) is 17.3. The van der Waals surface area contributed by atoms with Crippen molar-refractivity contribution in [3.05, 3.63) is 145 Å². The highest BCUT2D eigenvalue weighted by Crippen LogP contribution is 2.45. The molecule has 51 heavy (non-hydrogen) atoms. The normalized spacial score (nSPS) is 12.6. The number of carbonyl (C=O) groups excluding carboxylic acids is 2. The van der Waals surface area contributed by atoms with Crippen LogP contribution in [-0.4, -0.2) is 18.5 Å². The zero-order valence-electron chi connectivity index (χ0n) is 27.9. The van der Waals surface area contributed by atoms with Crippen molar-refractivity contribution in [2.45, 2.75) is 25.7 Å². The van der Waals surface area contributed by atoms with Crippen LogP contribution >= 0.6 is 22.7 Å². The number of nitrogens with zero attached hydrogens (tertiary/aromatic N) is 1. The highest BCUT2D eigenvalue weighted by molar-refractivity contribution is 7.26. The number of anilines is 2. The molecule has 0 fully saturated rings. The van der Waals surface area contributed by atoms with Crippen molar-refractivity contribution in [3.8, 4) is 22.3 Å². The second-order valence-electron chi connectivity index (χ2n) is 13.0. The predicted molar refractivity (Wildman–Crippen MR) is 214 cm³/mol. The summed E-state index contributed by atoms with van der Waals surface area (Å²) in [6.07, 6.45) is 3.43. The van der Waals surface area contributed by atoms with Gasteiger partial charge in [-0.15, -0.1) is 22.7 Å². The number of hydrogen-bond acceptors (Lipinski definition) is 5. The summed E-state index contributed by atoms with van der Waals surface area (Å²) in [6, 6.07) is 43.4. The molecule has 6 heteroatoms. The maximum Gasteiger partial charge on any atom is 0.330 e. The maximum absolute atomic E-state index is 14.2. The summed E-state index contributed by atoms with van der Waals surface area (Å²) in [5, 5.41) is 5.10. The van der Waals surface area contributed by atoms with Gasteiger partial charge in [-0.05, 0) is 89.0 Å². The van der Waals surface area contributed by atoms with E-state index in [4.69, 9.17) is 4.74 Å². The number of carbonyl (C=O) groups is 2. The van der Waals surface area contributed by atoms with Crippen molar-refractivity contribution >= 4 is 86.3 Å². The van der Waals surface area contributed by atoms with Crippen molar-refractivity contribution < 1.29 is 14.3 Å². The summed E-state index contributed by atoms with van der Waals surface area (Å²) in [5.74, 6) is -0.497. The van der Waals surface area contributed by atoms with E-state index < -0.39 is 5.97 Å². The first-order chi connectivity index (χ1) is 25.1. The fourth-order valence-electron chi connectivity index (χ4n) is 7.53. The Hall–Kier alpha value is -5.56. The van der Waals surface area contributed by atoms with Crippen LogP contribution in [0.15, 0.2) is 134 Å². The highest BCUT2D eigenvalue weighted by Gasteiger charge is 2.27. The van der Waals surface area contributed by atoms with Crippen LogP contribution < -0.4 is 4.90 Å². The average molecular weight is 700 g/mol. The fraction of sp³-hybridized carbons (Fsp3) is 0.111. The molecule has 8 aromatic rings. The first-order valence-corrected chi connectivity index (χ1v) is 18.9. The molecule has 0 aliphatic carbocycles. The molecule has 0 bridgehead atoms.